The lowest BCUT2D eigenvalue weighted by molar-refractivity contribution is -0.121. The molecule has 1 amide bonds. The van der Waals surface area contributed by atoms with Gasteiger partial charge in [-0.3, -0.25) is 4.79 Å². The highest BCUT2D eigenvalue weighted by molar-refractivity contribution is 5.86. The van der Waals surface area contributed by atoms with E-state index in [9.17, 15) is 9.18 Å². The van der Waals surface area contributed by atoms with E-state index in [4.69, 9.17) is 4.74 Å². The first-order valence-electron chi connectivity index (χ1n) is 8.26. The van der Waals surface area contributed by atoms with Crippen molar-refractivity contribution in [2.45, 2.75) is 12.3 Å². The SMILES string of the molecule is COCCNC(=O)CC(c1ccc(F)cc1)c1c[nH]c2ccccc12. The van der Waals surface area contributed by atoms with E-state index in [0.717, 1.165) is 22.0 Å². The molecular formula is C20H21FN2O2. The summed E-state index contributed by atoms with van der Waals surface area (Å²) in [5.74, 6) is -0.498. The van der Waals surface area contributed by atoms with Crippen LogP contribution in [-0.4, -0.2) is 31.2 Å². The highest BCUT2D eigenvalue weighted by Crippen LogP contribution is 2.33. The molecule has 2 N–H and O–H groups in total. The van der Waals surface area contributed by atoms with Crippen LogP contribution < -0.4 is 5.32 Å². The van der Waals surface area contributed by atoms with E-state index in [2.05, 4.69) is 10.3 Å². The van der Waals surface area contributed by atoms with Gasteiger partial charge in [-0.1, -0.05) is 30.3 Å². The van der Waals surface area contributed by atoms with Gasteiger partial charge in [0.25, 0.3) is 0 Å². The van der Waals surface area contributed by atoms with Crippen LogP contribution in [0.5, 0.6) is 0 Å². The molecule has 0 bridgehead atoms. The van der Waals surface area contributed by atoms with Gasteiger partial charge >= 0.3 is 0 Å². The number of carbonyl (C=O) groups excluding carboxylic acids is 1. The molecule has 0 saturated carbocycles. The Morgan fingerprint density at radius 2 is 1.96 bits per heavy atom. The fraction of sp³-hybridized carbons (Fsp3) is 0.250. The number of fused-ring (bicyclic) bond motifs is 1. The summed E-state index contributed by atoms with van der Waals surface area (Å²) in [6, 6.07) is 14.3. The van der Waals surface area contributed by atoms with Crippen molar-refractivity contribution in [3.05, 3.63) is 71.7 Å². The molecule has 0 radical (unpaired) electrons. The second kappa shape index (κ2) is 7.94. The largest absolute Gasteiger partial charge is 0.383 e. The summed E-state index contributed by atoms with van der Waals surface area (Å²) >= 11 is 0. The minimum absolute atomic E-state index is 0.0587. The van der Waals surface area contributed by atoms with Crippen molar-refractivity contribution < 1.29 is 13.9 Å². The lowest BCUT2D eigenvalue weighted by Crippen LogP contribution is -2.28. The molecule has 25 heavy (non-hydrogen) atoms. The zero-order valence-electron chi connectivity index (χ0n) is 14.1. The second-order valence-corrected chi connectivity index (χ2v) is 5.94. The van der Waals surface area contributed by atoms with Crippen LogP contribution in [-0.2, 0) is 9.53 Å². The number of ether oxygens (including phenoxy) is 1. The van der Waals surface area contributed by atoms with Gasteiger partial charge in [0.1, 0.15) is 5.82 Å². The number of carbonyl (C=O) groups is 1. The summed E-state index contributed by atoms with van der Waals surface area (Å²) in [7, 11) is 1.60. The number of nitrogens with one attached hydrogen (secondary N) is 2. The zero-order chi connectivity index (χ0) is 17.6. The van der Waals surface area contributed by atoms with Crippen LogP contribution in [0.25, 0.3) is 10.9 Å². The fourth-order valence-electron chi connectivity index (χ4n) is 3.03. The summed E-state index contributed by atoms with van der Waals surface area (Å²) in [5.41, 5.74) is 2.96. The van der Waals surface area contributed by atoms with Crippen LogP contribution in [0.2, 0.25) is 0 Å². The first kappa shape index (κ1) is 17.2. The highest BCUT2D eigenvalue weighted by atomic mass is 19.1. The summed E-state index contributed by atoms with van der Waals surface area (Å²) in [6.45, 7) is 0.944. The van der Waals surface area contributed by atoms with Crippen molar-refractivity contribution in [3.8, 4) is 0 Å². The van der Waals surface area contributed by atoms with Crippen molar-refractivity contribution in [2.24, 2.45) is 0 Å². The normalized spacial score (nSPS) is 12.2. The molecule has 3 rings (SSSR count). The van der Waals surface area contributed by atoms with Gasteiger partial charge in [0, 0.05) is 43.1 Å². The monoisotopic (exact) mass is 340 g/mol. The van der Waals surface area contributed by atoms with Crippen LogP contribution in [0.1, 0.15) is 23.5 Å². The maximum atomic E-state index is 13.3. The molecule has 3 aromatic rings. The average Bonchev–Trinajstić information content (AvgIpc) is 3.05. The number of halogens is 1. The standard InChI is InChI=1S/C20H21FN2O2/c1-25-11-10-22-20(24)12-17(14-6-8-15(21)9-7-14)18-13-23-19-5-3-2-4-16(18)19/h2-9,13,17,23H,10-12H2,1H3,(H,22,24). The van der Waals surface area contributed by atoms with E-state index < -0.39 is 0 Å². The second-order valence-electron chi connectivity index (χ2n) is 5.94. The molecule has 0 aliphatic heterocycles. The molecule has 0 aliphatic carbocycles. The topological polar surface area (TPSA) is 54.1 Å². The molecule has 0 saturated heterocycles. The third-order valence-corrected chi connectivity index (χ3v) is 4.29. The highest BCUT2D eigenvalue weighted by Gasteiger charge is 2.21. The van der Waals surface area contributed by atoms with Gasteiger partial charge in [0.15, 0.2) is 0 Å². The molecule has 1 heterocycles. The van der Waals surface area contributed by atoms with Crippen molar-refractivity contribution in [2.75, 3.05) is 20.3 Å². The van der Waals surface area contributed by atoms with Crippen molar-refractivity contribution in [1.29, 1.82) is 0 Å². The molecule has 1 unspecified atom stereocenters. The number of methoxy groups -OCH3 is 1. The van der Waals surface area contributed by atoms with Crippen LogP contribution in [0.3, 0.4) is 0 Å². The number of benzene rings is 2. The van der Waals surface area contributed by atoms with E-state index in [1.165, 1.54) is 12.1 Å². The summed E-state index contributed by atoms with van der Waals surface area (Å²) in [4.78, 5) is 15.6. The predicted octanol–water partition coefficient (Wildman–Crippen LogP) is 3.59. The van der Waals surface area contributed by atoms with Gasteiger partial charge in [-0.15, -0.1) is 0 Å². The molecule has 0 fully saturated rings. The van der Waals surface area contributed by atoms with E-state index in [1.807, 2.05) is 30.5 Å². The molecule has 1 aromatic heterocycles. The number of amides is 1. The maximum absolute atomic E-state index is 13.3. The number of rotatable bonds is 7. The van der Waals surface area contributed by atoms with Crippen LogP contribution >= 0.6 is 0 Å². The Morgan fingerprint density at radius 1 is 1.20 bits per heavy atom. The molecule has 0 aliphatic rings. The van der Waals surface area contributed by atoms with E-state index in [-0.39, 0.29) is 24.1 Å². The third kappa shape index (κ3) is 4.06. The van der Waals surface area contributed by atoms with Gasteiger partial charge in [-0.2, -0.15) is 0 Å². The number of para-hydroxylation sites is 1. The smallest absolute Gasteiger partial charge is 0.221 e. The van der Waals surface area contributed by atoms with E-state index in [0.29, 0.717) is 13.2 Å². The predicted molar refractivity (Wildman–Crippen MR) is 96.0 cm³/mol. The van der Waals surface area contributed by atoms with Crippen LogP contribution in [0.4, 0.5) is 4.39 Å². The summed E-state index contributed by atoms with van der Waals surface area (Å²) < 4.78 is 18.3. The lowest BCUT2D eigenvalue weighted by Gasteiger charge is -2.17. The minimum atomic E-state index is -0.286. The number of hydrogen-bond acceptors (Lipinski definition) is 2. The number of aromatic nitrogens is 1. The van der Waals surface area contributed by atoms with Crippen molar-refractivity contribution in [1.82, 2.24) is 10.3 Å². The van der Waals surface area contributed by atoms with Crippen molar-refractivity contribution in [3.63, 3.8) is 0 Å². The van der Waals surface area contributed by atoms with Gasteiger partial charge in [0.05, 0.1) is 6.61 Å². The zero-order valence-corrected chi connectivity index (χ0v) is 14.1. The molecule has 5 heteroatoms. The Labute approximate surface area is 146 Å². The van der Waals surface area contributed by atoms with Gasteiger partial charge < -0.3 is 15.0 Å². The Kier molecular flexibility index (Phi) is 5.46. The maximum Gasteiger partial charge on any atom is 0.221 e. The van der Waals surface area contributed by atoms with Crippen LogP contribution in [0, 0.1) is 5.82 Å². The quantitative estimate of drug-likeness (QED) is 0.646. The molecule has 0 spiro atoms. The average molecular weight is 340 g/mol. The molecule has 4 nitrogen and oxygen atoms in total. The Bertz CT molecular complexity index is 842. The first-order valence-corrected chi connectivity index (χ1v) is 8.26. The molecule has 130 valence electrons. The van der Waals surface area contributed by atoms with Gasteiger partial charge in [0.2, 0.25) is 5.91 Å². The molecule has 2 aromatic carbocycles. The van der Waals surface area contributed by atoms with Gasteiger partial charge in [-0.25, -0.2) is 4.39 Å². The lowest BCUT2D eigenvalue weighted by atomic mass is 9.88. The Hall–Kier alpha value is -2.66. The van der Waals surface area contributed by atoms with Gasteiger partial charge in [-0.05, 0) is 29.3 Å². The van der Waals surface area contributed by atoms with E-state index >= 15 is 0 Å². The first-order chi connectivity index (χ1) is 12.2. The minimum Gasteiger partial charge on any atom is -0.383 e. The summed E-state index contributed by atoms with van der Waals surface area (Å²) in [6.07, 6.45) is 2.22. The molecular weight excluding hydrogens is 319 g/mol. The number of hydrogen-bond donors (Lipinski definition) is 2. The number of aromatic amines is 1. The van der Waals surface area contributed by atoms with E-state index in [1.54, 1.807) is 19.2 Å². The molecule has 1 atom stereocenters. The van der Waals surface area contributed by atoms with Crippen LogP contribution in [0.15, 0.2) is 54.7 Å². The van der Waals surface area contributed by atoms with Crippen molar-refractivity contribution >= 4 is 16.8 Å². The number of H-pyrrole nitrogens is 1. The Morgan fingerprint density at radius 3 is 2.72 bits per heavy atom. The summed E-state index contributed by atoms with van der Waals surface area (Å²) in [5, 5.41) is 3.93. The third-order valence-electron chi connectivity index (χ3n) is 4.29. The fourth-order valence-corrected chi connectivity index (χ4v) is 3.03. The Balaban J connectivity index is 1.91.